The lowest BCUT2D eigenvalue weighted by Gasteiger charge is -2.43. The molecule has 4 aromatic heterocycles. The second-order valence-electron chi connectivity index (χ2n) is 15.2. The highest BCUT2D eigenvalue weighted by Crippen LogP contribution is 2.37. The number of carbonyl (C=O) groups excluding carboxylic acids is 6. The fourth-order valence-electron chi connectivity index (χ4n) is 7.74. The number of likely N-dealkylation sites (N-methyl/N-ethyl adjacent to an activating group) is 2. The van der Waals surface area contributed by atoms with Crippen molar-refractivity contribution in [3.05, 3.63) is 55.0 Å². The fourth-order valence-corrected chi connectivity index (χ4v) is 7.74. The van der Waals surface area contributed by atoms with E-state index in [0.717, 1.165) is 59.1 Å². The van der Waals surface area contributed by atoms with Gasteiger partial charge in [0.1, 0.15) is 24.4 Å². The lowest BCUT2D eigenvalue weighted by molar-refractivity contribution is -0.282. The van der Waals surface area contributed by atoms with E-state index in [-0.39, 0.29) is 30.6 Å². The van der Waals surface area contributed by atoms with Crippen LogP contribution in [0.4, 0.5) is 9.59 Å². The highest BCUT2D eigenvalue weighted by atomic mass is 16.7. The van der Waals surface area contributed by atoms with Gasteiger partial charge in [-0.05, 0) is 37.0 Å². The van der Waals surface area contributed by atoms with Gasteiger partial charge >= 0.3 is 36.0 Å². The van der Waals surface area contributed by atoms with Crippen molar-refractivity contribution in [1.82, 2.24) is 39.1 Å². The summed E-state index contributed by atoms with van der Waals surface area (Å²) in [6.45, 7) is 2.93. The van der Waals surface area contributed by atoms with Gasteiger partial charge in [-0.2, -0.15) is 10.4 Å². The maximum Gasteiger partial charge on any atom is 0.409 e. The van der Waals surface area contributed by atoms with Crippen LogP contribution in [0.5, 0.6) is 5.75 Å². The number of ether oxygens (including phenoxy) is 7. The van der Waals surface area contributed by atoms with Crippen LogP contribution in [0.25, 0.3) is 22.3 Å². The number of pyridine rings is 1. The number of carbonyl (C=O) groups is 6. The summed E-state index contributed by atoms with van der Waals surface area (Å²) in [6, 6.07) is 6.55. The zero-order valence-corrected chi connectivity index (χ0v) is 36.1. The maximum atomic E-state index is 13.7. The monoisotopic (exact) mass is 887 g/mol. The van der Waals surface area contributed by atoms with Crippen molar-refractivity contribution in [1.29, 1.82) is 5.26 Å². The minimum absolute atomic E-state index is 0.0292. The molecule has 4 aromatic rings. The minimum atomic E-state index is -1.69. The summed E-state index contributed by atoms with van der Waals surface area (Å²) in [7, 11) is 4.12. The summed E-state index contributed by atoms with van der Waals surface area (Å²) in [5.41, 5.74) is 1.78. The van der Waals surface area contributed by atoms with Crippen LogP contribution in [0.3, 0.4) is 0 Å². The molecule has 340 valence electrons. The summed E-state index contributed by atoms with van der Waals surface area (Å²) in [5, 5.41) is 14.7. The highest BCUT2D eigenvalue weighted by molar-refractivity contribution is 5.96. The van der Waals surface area contributed by atoms with Crippen LogP contribution in [0.2, 0.25) is 0 Å². The van der Waals surface area contributed by atoms with Crippen molar-refractivity contribution >= 4 is 47.0 Å². The molecule has 0 aromatic carbocycles. The first-order valence-electron chi connectivity index (χ1n) is 20.4. The van der Waals surface area contributed by atoms with E-state index in [0.29, 0.717) is 29.1 Å². The molecule has 22 nitrogen and oxygen atoms in total. The zero-order chi connectivity index (χ0) is 46.1. The summed E-state index contributed by atoms with van der Waals surface area (Å²) in [6.07, 6.45) is 3.85. The number of aromatic nitrogens is 6. The standard InChI is InChI=1S/C42H49N9O13/c1-24(52)60-34-35(61-25(2)53)37(62-26(3)54)40(64-36(34)39(55)58-6)63-32-12-9-16-44-30(32)22-59-42(57)49(5)19-18-48(4)41(56)50-17-14-29-33(45-23-46-38(29)50)28-20-47-51(21-28)31(13-15-43)27-10-7-8-11-27/h9,12,14,16-17,20-21,23,27,31,34-37,40H,7-8,10-11,13,18-19,22H2,1-6H3/t31?,34-,35-,36-,37+,40+/m0/s1. The molecule has 5 heterocycles. The number of rotatable bonds is 15. The zero-order valence-electron chi connectivity index (χ0n) is 36.1. The number of nitriles is 1. The Morgan fingerprint density at radius 1 is 0.922 bits per heavy atom. The van der Waals surface area contributed by atoms with E-state index in [9.17, 15) is 34.0 Å². The second-order valence-corrected chi connectivity index (χ2v) is 15.2. The molecular formula is C42H49N9O13. The van der Waals surface area contributed by atoms with Gasteiger partial charge in [0, 0.05) is 77.5 Å². The molecule has 2 fully saturated rings. The van der Waals surface area contributed by atoms with Crippen molar-refractivity contribution in [2.45, 2.75) is 96.2 Å². The Morgan fingerprint density at radius 3 is 2.30 bits per heavy atom. The SMILES string of the molecule is COC(=O)[C@H]1O[C@@H](Oc2cccnc2COC(=O)N(C)CCN(C)C(=O)n2ccc3c(-c4cnn(C(CC#N)C5CCCC5)c4)ncnc32)[C@H](OC(C)=O)[C@@H](OC(C)=O)[C@@H]1OC(C)=O. The van der Waals surface area contributed by atoms with E-state index in [4.69, 9.17) is 33.2 Å². The van der Waals surface area contributed by atoms with Gasteiger partial charge in [0.05, 0.1) is 37.5 Å². The number of nitrogens with zero attached hydrogens (tertiary/aromatic N) is 9. The third-order valence-electron chi connectivity index (χ3n) is 10.8. The van der Waals surface area contributed by atoms with Crippen LogP contribution in [-0.4, -0.2) is 140 Å². The van der Waals surface area contributed by atoms with E-state index >= 15 is 0 Å². The van der Waals surface area contributed by atoms with Crippen LogP contribution in [-0.2, 0) is 54.2 Å². The van der Waals surface area contributed by atoms with E-state index in [1.165, 1.54) is 46.1 Å². The number of fused-ring (bicyclic) bond motifs is 1. The smallest absolute Gasteiger partial charge is 0.409 e. The Balaban J connectivity index is 1.09. The Kier molecular flexibility index (Phi) is 15.1. The normalized spacial score (nSPS) is 20.0. The maximum absolute atomic E-state index is 13.7. The minimum Gasteiger partial charge on any atom is -0.467 e. The number of hydrogen-bond donors (Lipinski definition) is 0. The van der Waals surface area contributed by atoms with E-state index in [2.05, 4.69) is 26.1 Å². The fraction of sp³-hybridized carbons (Fsp3) is 0.500. The Labute approximate surface area is 367 Å². The topological polar surface area (TPSA) is 259 Å². The third-order valence-corrected chi connectivity index (χ3v) is 10.8. The molecule has 64 heavy (non-hydrogen) atoms. The lowest BCUT2D eigenvalue weighted by Crippen LogP contribution is -2.64. The average Bonchev–Trinajstić information content (AvgIpc) is 4.07. The van der Waals surface area contributed by atoms with Gasteiger partial charge in [-0.15, -0.1) is 0 Å². The van der Waals surface area contributed by atoms with Gasteiger partial charge < -0.3 is 43.0 Å². The van der Waals surface area contributed by atoms with Crippen molar-refractivity contribution < 1.29 is 61.9 Å². The summed E-state index contributed by atoms with van der Waals surface area (Å²) >= 11 is 0. The Hall–Kier alpha value is -7.15. The van der Waals surface area contributed by atoms with Gasteiger partial charge in [0.25, 0.3) is 0 Å². The van der Waals surface area contributed by atoms with Gasteiger partial charge in [-0.25, -0.2) is 24.4 Å². The van der Waals surface area contributed by atoms with E-state index < -0.39 is 73.3 Å². The number of amides is 2. The molecule has 1 saturated heterocycles. The number of esters is 4. The largest absolute Gasteiger partial charge is 0.467 e. The average molecular weight is 888 g/mol. The van der Waals surface area contributed by atoms with Crippen molar-refractivity contribution in [2.24, 2.45) is 5.92 Å². The third kappa shape index (κ3) is 10.7. The molecule has 22 heteroatoms. The van der Waals surface area contributed by atoms with Crippen LogP contribution in [0.15, 0.2) is 49.3 Å². The molecule has 1 aliphatic heterocycles. The van der Waals surface area contributed by atoms with Crippen molar-refractivity contribution in [2.75, 3.05) is 34.3 Å². The quantitative estimate of drug-likeness (QED) is 0.122. The van der Waals surface area contributed by atoms with Gasteiger partial charge in [-0.3, -0.25) is 28.6 Å². The molecule has 2 aliphatic rings. The van der Waals surface area contributed by atoms with Crippen molar-refractivity contribution in [3.8, 4) is 23.1 Å². The molecule has 2 amide bonds. The number of methoxy groups -OCH3 is 1. The summed E-state index contributed by atoms with van der Waals surface area (Å²) in [4.78, 5) is 92.0. The van der Waals surface area contributed by atoms with Crippen molar-refractivity contribution in [3.63, 3.8) is 0 Å². The first kappa shape index (κ1) is 46.4. The van der Waals surface area contributed by atoms with E-state index in [1.807, 2.05) is 10.9 Å². The molecule has 0 spiro atoms. The second kappa shape index (κ2) is 20.8. The van der Waals surface area contributed by atoms with Crippen LogP contribution >= 0.6 is 0 Å². The first-order chi connectivity index (χ1) is 30.7. The molecule has 0 radical (unpaired) electrons. The van der Waals surface area contributed by atoms with E-state index in [1.54, 1.807) is 25.5 Å². The lowest BCUT2D eigenvalue weighted by atomic mass is 9.96. The van der Waals surface area contributed by atoms with Gasteiger partial charge in [0.2, 0.25) is 12.4 Å². The summed E-state index contributed by atoms with van der Waals surface area (Å²) < 4.78 is 41.6. The van der Waals surface area contributed by atoms with Gasteiger partial charge in [-0.1, -0.05) is 12.8 Å². The predicted molar refractivity (Wildman–Crippen MR) is 218 cm³/mol. The molecule has 0 N–H and O–H groups in total. The molecule has 0 bridgehead atoms. The van der Waals surface area contributed by atoms with Gasteiger partial charge in [0.15, 0.2) is 24.0 Å². The predicted octanol–water partition coefficient (Wildman–Crippen LogP) is 3.58. The van der Waals surface area contributed by atoms with Crippen LogP contribution in [0, 0.1) is 17.2 Å². The Bertz CT molecular complexity index is 2390. The first-order valence-corrected chi connectivity index (χ1v) is 20.4. The van der Waals surface area contributed by atoms with Crippen LogP contribution in [0.1, 0.15) is 64.6 Å². The molecule has 6 rings (SSSR count). The number of hydrogen-bond acceptors (Lipinski definition) is 18. The summed E-state index contributed by atoms with van der Waals surface area (Å²) in [5.74, 6) is -3.23. The molecule has 1 saturated carbocycles. The van der Waals surface area contributed by atoms with Crippen LogP contribution < -0.4 is 4.74 Å². The molecule has 1 aliphatic carbocycles. The molecule has 1 unspecified atom stereocenters. The Morgan fingerprint density at radius 2 is 1.61 bits per heavy atom. The molecular weight excluding hydrogens is 839 g/mol. The molecule has 6 atom stereocenters. The highest BCUT2D eigenvalue weighted by Gasteiger charge is 2.56.